The third kappa shape index (κ3) is 4.31. The van der Waals surface area contributed by atoms with Crippen molar-refractivity contribution in [1.82, 2.24) is 4.98 Å². The third-order valence-electron chi connectivity index (χ3n) is 2.20. The zero-order valence-electron chi connectivity index (χ0n) is 9.57. The van der Waals surface area contributed by atoms with Gasteiger partial charge in [-0.2, -0.15) is 0 Å². The van der Waals surface area contributed by atoms with E-state index in [-0.39, 0.29) is 5.97 Å². The van der Waals surface area contributed by atoms with E-state index in [2.05, 4.69) is 34.8 Å². The van der Waals surface area contributed by atoms with E-state index in [1.807, 2.05) is 0 Å². The molecule has 0 radical (unpaired) electrons. The highest BCUT2D eigenvalue weighted by Crippen LogP contribution is 2.09. The fraction of sp³-hybridized carbons (Fsp3) is 0.500. The van der Waals surface area contributed by atoms with Crippen LogP contribution in [0.15, 0.2) is 22.8 Å². The van der Waals surface area contributed by atoms with Crippen molar-refractivity contribution in [2.45, 2.75) is 26.7 Å². The van der Waals surface area contributed by atoms with Crippen LogP contribution in [0.2, 0.25) is 0 Å². The van der Waals surface area contributed by atoms with Gasteiger partial charge in [0.1, 0.15) is 10.3 Å². The number of pyridine rings is 1. The maximum Gasteiger partial charge on any atom is 0.356 e. The predicted molar refractivity (Wildman–Crippen MR) is 66.3 cm³/mol. The number of esters is 1. The van der Waals surface area contributed by atoms with Crippen LogP contribution in [0.3, 0.4) is 0 Å². The lowest BCUT2D eigenvalue weighted by Gasteiger charge is -2.10. The molecule has 4 heteroatoms. The van der Waals surface area contributed by atoms with Gasteiger partial charge in [-0.3, -0.25) is 0 Å². The molecular formula is C12H16BrNO2. The molecule has 1 aromatic rings. The quantitative estimate of drug-likeness (QED) is 0.615. The summed E-state index contributed by atoms with van der Waals surface area (Å²) < 4.78 is 5.82. The van der Waals surface area contributed by atoms with Crippen LogP contribution >= 0.6 is 15.9 Å². The van der Waals surface area contributed by atoms with E-state index in [1.165, 1.54) is 0 Å². The minimum absolute atomic E-state index is 0.345. The van der Waals surface area contributed by atoms with Gasteiger partial charge in [-0.15, -0.1) is 0 Å². The largest absolute Gasteiger partial charge is 0.461 e. The van der Waals surface area contributed by atoms with Crippen molar-refractivity contribution in [3.05, 3.63) is 28.5 Å². The number of halogens is 1. The van der Waals surface area contributed by atoms with Gasteiger partial charge >= 0.3 is 5.97 Å². The van der Waals surface area contributed by atoms with Crippen LogP contribution in [0, 0.1) is 5.92 Å². The standard InChI is InChI=1S/C12H16BrNO2/c1-3-5-9(2)8-16-12(15)10-6-4-7-11(13)14-10/h4,6-7,9H,3,5,8H2,1-2H3. The normalized spacial score (nSPS) is 12.2. The van der Waals surface area contributed by atoms with Crippen molar-refractivity contribution in [3.8, 4) is 0 Å². The maximum absolute atomic E-state index is 11.6. The summed E-state index contributed by atoms with van der Waals surface area (Å²) in [5, 5.41) is 0. The van der Waals surface area contributed by atoms with E-state index >= 15 is 0 Å². The zero-order chi connectivity index (χ0) is 12.0. The number of rotatable bonds is 5. The summed E-state index contributed by atoms with van der Waals surface area (Å²) in [6.07, 6.45) is 2.17. The number of hydrogen-bond donors (Lipinski definition) is 0. The van der Waals surface area contributed by atoms with Crippen molar-refractivity contribution in [3.63, 3.8) is 0 Å². The van der Waals surface area contributed by atoms with Crippen LogP contribution in [0.4, 0.5) is 0 Å². The summed E-state index contributed by atoms with van der Waals surface area (Å²) in [5.74, 6) is 0.0466. The topological polar surface area (TPSA) is 39.2 Å². The smallest absolute Gasteiger partial charge is 0.356 e. The molecule has 88 valence electrons. The van der Waals surface area contributed by atoms with Crippen LogP contribution in [-0.4, -0.2) is 17.6 Å². The number of carbonyl (C=O) groups excluding carboxylic acids is 1. The van der Waals surface area contributed by atoms with Gasteiger partial charge in [0.15, 0.2) is 0 Å². The van der Waals surface area contributed by atoms with Crippen molar-refractivity contribution in [2.24, 2.45) is 5.92 Å². The Morgan fingerprint density at radius 2 is 2.31 bits per heavy atom. The molecule has 3 nitrogen and oxygen atoms in total. The van der Waals surface area contributed by atoms with E-state index in [4.69, 9.17) is 4.74 Å². The van der Waals surface area contributed by atoms with E-state index in [0.29, 0.717) is 22.8 Å². The molecule has 1 atom stereocenters. The van der Waals surface area contributed by atoms with Gasteiger partial charge in [0, 0.05) is 0 Å². The molecule has 0 aliphatic carbocycles. The molecule has 0 spiro atoms. The Bertz CT molecular complexity index is 355. The van der Waals surface area contributed by atoms with Gasteiger partial charge in [0.05, 0.1) is 6.61 Å². The second-order valence-corrected chi connectivity index (χ2v) is 4.65. The minimum atomic E-state index is -0.357. The molecule has 16 heavy (non-hydrogen) atoms. The molecule has 0 bridgehead atoms. The third-order valence-corrected chi connectivity index (χ3v) is 2.65. The molecule has 0 aliphatic rings. The maximum atomic E-state index is 11.6. The first-order valence-corrected chi connectivity index (χ1v) is 6.22. The summed E-state index contributed by atoms with van der Waals surface area (Å²) in [4.78, 5) is 15.6. The fourth-order valence-corrected chi connectivity index (χ4v) is 1.73. The Hall–Kier alpha value is -0.900. The molecule has 0 fully saturated rings. The van der Waals surface area contributed by atoms with Gasteiger partial charge in [0.25, 0.3) is 0 Å². The molecular weight excluding hydrogens is 270 g/mol. The first-order chi connectivity index (χ1) is 7.63. The second-order valence-electron chi connectivity index (χ2n) is 3.84. The highest BCUT2D eigenvalue weighted by atomic mass is 79.9. The number of aromatic nitrogens is 1. The summed E-state index contributed by atoms with van der Waals surface area (Å²) in [5.41, 5.74) is 0.345. The van der Waals surface area contributed by atoms with Gasteiger partial charge in [-0.1, -0.05) is 26.3 Å². The Labute approximate surface area is 104 Å². The second kappa shape index (κ2) is 6.63. The molecule has 1 aromatic heterocycles. The number of hydrogen-bond acceptors (Lipinski definition) is 3. The fourth-order valence-electron chi connectivity index (χ4n) is 1.39. The zero-order valence-corrected chi connectivity index (χ0v) is 11.2. The lowest BCUT2D eigenvalue weighted by atomic mass is 10.1. The summed E-state index contributed by atoms with van der Waals surface area (Å²) in [7, 11) is 0. The van der Waals surface area contributed by atoms with Crippen molar-refractivity contribution in [2.75, 3.05) is 6.61 Å². The van der Waals surface area contributed by atoms with E-state index in [9.17, 15) is 4.79 Å². The number of ether oxygens (including phenoxy) is 1. The lowest BCUT2D eigenvalue weighted by Crippen LogP contribution is -2.13. The average molecular weight is 286 g/mol. The van der Waals surface area contributed by atoms with Crippen LogP contribution in [0.1, 0.15) is 37.2 Å². The van der Waals surface area contributed by atoms with Gasteiger partial charge in [0.2, 0.25) is 0 Å². The minimum Gasteiger partial charge on any atom is -0.461 e. The van der Waals surface area contributed by atoms with Gasteiger partial charge < -0.3 is 4.74 Å². The van der Waals surface area contributed by atoms with Crippen molar-refractivity contribution >= 4 is 21.9 Å². The lowest BCUT2D eigenvalue weighted by molar-refractivity contribution is 0.0436. The highest BCUT2D eigenvalue weighted by Gasteiger charge is 2.10. The predicted octanol–water partition coefficient (Wildman–Crippen LogP) is 3.44. The molecule has 1 unspecified atom stereocenters. The molecule has 0 N–H and O–H groups in total. The number of nitrogens with zero attached hydrogens (tertiary/aromatic N) is 1. The molecule has 0 saturated carbocycles. The van der Waals surface area contributed by atoms with E-state index in [0.717, 1.165) is 12.8 Å². The number of carbonyl (C=O) groups is 1. The van der Waals surface area contributed by atoms with Crippen LogP contribution in [0.25, 0.3) is 0 Å². The Morgan fingerprint density at radius 3 is 2.94 bits per heavy atom. The van der Waals surface area contributed by atoms with Crippen molar-refractivity contribution < 1.29 is 9.53 Å². The molecule has 0 aliphatic heterocycles. The molecule has 0 saturated heterocycles. The van der Waals surface area contributed by atoms with E-state index in [1.54, 1.807) is 18.2 Å². The van der Waals surface area contributed by atoms with E-state index < -0.39 is 0 Å². The van der Waals surface area contributed by atoms with Crippen LogP contribution in [0.5, 0.6) is 0 Å². The van der Waals surface area contributed by atoms with Crippen molar-refractivity contribution in [1.29, 1.82) is 0 Å². The first-order valence-electron chi connectivity index (χ1n) is 5.43. The Balaban J connectivity index is 2.47. The SMILES string of the molecule is CCCC(C)COC(=O)c1cccc(Br)n1. The molecule has 1 rings (SSSR count). The summed E-state index contributed by atoms with van der Waals surface area (Å²) in [6.45, 7) is 4.65. The van der Waals surface area contributed by atoms with Crippen LogP contribution < -0.4 is 0 Å². The molecule has 0 amide bonds. The first kappa shape index (κ1) is 13.2. The average Bonchev–Trinajstić information content (AvgIpc) is 2.26. The van der Waals surface area contributed by atoms with Gasteiger partial charge in [-0.25, -0.2) is 9.78 Å². The summed E-state index contributed by atoms with van der Waals surface area (Å²) in [6, 6.07) is 5.19. The monoisotopic (exact) mass is 285 g/mol. The molecule has 0 aromatic carbocycles. The Kier molecular flexibility index (Phi) is 5.46. The van der Waals surface area contributed by atoms with Crippen LogP contribution in [-0.2, 0) is 4.74 Å². The summed E-state index contributed by atoms with van der Waals surface area (Å²) >= 11 is 3.22. The van der Waals surface area contributed by atoms with Gasteiger partial charge in [-0.05, 0) is 40.4 Å². The molecule has 1 heterocycles. The Morgan fingerprint density at radius 1 is 1.56 bits per heavy atom. The highest BCUT2D eigenvalue weighted by molar-refractivity contribution is 9.10.